The number of hydrogen-bond donors (Lipinski definition) is 0. The molecule has 1 saturated heterocycles. The number of aryl methyl sites for hydroxylation is 1. The lowest BCUT2D eigenvalue weighted by Crippen LogP contribution is -2.36. The number of aromatic nitrogens is 3. The van der Waals surface area contributed by atoms with Gasteiger partial charge in [0.05, 0.1) is 13.2 Å². The third kappa shape index (κ3) is 2.71. The largest absolute Gasteiger partial charge is 0.378 e. The molecule has 5 heteroatoms. The van der Waals surface area contributed by atoms with Gasteiger partial charge in [-0.25, -0.2) is 9.97 Å². The number of morpholine rings is 1. The molecule has 1 aliphatic heterocycles. The molecule has 1 aliphatic rings. The first kappa shape index (κ1) is 12.0. The molecule has 1 fully saturated rings. The minimum absolute atomic E-state index is 0.731. The van der Waals surface area contributed by atoms with Crippen molar-refractivity contribution in [2.24, 2.45) is 0 Å². The molecular weight excluding hydrogens is 240 g/mol. The molecule has 0 unspecified atom stereocenters. The zero-order chi connectivity index (χ0) is 13.1. The van der Waals surface area contributed by atoms with E-state index in [0.717, 1.165) is 49.2 Å². The summed E-state index contributed by atoms with van der Waals surface area (Å²) in [7, 11) is 0. The molecule has 0 aliphatic carbocycles. The van der Waals surface area contributed by atoms with Crippen molar-refractivity contribution >= 4 is 5.82 Å². The van der Waals surface area contributed by atoms with Gasteiger partial charge in [0.15, 0.2) is 5.82 Å². The monoisotopic (exact) mass is 256 g/mol. The molecule has 98 valence electrons. The van der Waals surface area contributed by atoms with Crippen LogP contribution in [0.4, 0.5) is 5.82 Å². The Labute approximate surface area is 112 Å². The van der Waals surface area contributed by atoms with Crippen LogP contribution in [0.2, 0.25) is 0 Å². The van der Waals surface area contributed by atoms with Crippen LogP contribution < -0.4 is 4.90 Å². The van der Waals surface area contributed by atoms with E-state index in [1.54, 1.807) is 12.4 Å². The van der Waals surface area contributed by atoms with Crippen molar-refractivity contribution in [1.29, 1.82) is 0 Å². The fourth-order valence-electron chi connectivity index (χ4n) is 2.13. The van der Waals surface area contributed by atoms with Crippen molar-refractivity contribution in [1.82, 2.24) is 15.0 Å². The highest BCUT2D eigenvalue weighted by Gasteiger charge is 2.14. The van der Waals surface area contributed by atoms with Gasteiger partial charge in [-0.15, -0.1) is 0 Å². The van der Waals surface area contributed by atoms with Crippen LogP contribution in [0.1, 0.15) is 5.69 Å². The Morgan fingerprint density at radius 2 is 2.05 bits per heavy atom. The van der Waals surface area contributed by atoms with Gasteiger partial charge in [0.2, 0.25) is 0 Å². The molecule has 5 nitrogen and oxygen atoms in total. The maximum atomic E-state index is 5.37. The van der Waals surface area contributed by atoms with Crippen LogP contribution >= 0.6 is 0 Å². The molecule has 0 saturated carbocycles. The first-order valence-electron chi connectivity index (χ1n) is 6.42. The molecule has 0 bridgehead atoms. The number of rotatable bonds is 2. The molecule has 0 aromatic carbocycles. The molecule has 0 atom stereocenters. The highest BCUT2D eigenvalue weighted by atomic mass is 16.5. The van der Waals surface area contributed by atoms with Crippen LogP contribution in [0.25, 0.3) is 11.4 Å². The molecule has 19 heavy (non-hydrogen) atoms. The predicted octanol–water partition coefficient (Wildman–Crippen LogP) is 1.68. The number of hydrogen-bond acceptors (Lipinski definition) is 5. The summed E-state index contributed by atoms with van der Waals surface area (Å²) in [5.41, 5.74) is 1.91. The fraction of sp³-hybridized carbons (Fsp3) is 0.357. The lowest BCUT2D eigenvalue weighted by atomic mass is 10.2. The van der Waals surface area contributed by atoms with Crippen LogP contribution in [0.5, 0.6) is 0 Å². The Morgan fingerprint density at radius 1 is 1.21 bits per heavy atom. The number of anilines is 1. The molecule has 0 amide bonds. The Balaban J connectivity index is 1.96. The van der Waals surface area contributed by atoms with Gasteiger partial charge in [0.1, 0.15) is 5.82 Å². The van der Waals surface area contributed by atoms with E-state index in [0.29, 0.717) is 0 Å². The zero-order valence-corrected chi connectivity index (χ0v) is 10.9. The standard InChI is InChI=1S/C14H16N4O/c1-11-9-13(18-5-7-19-8-6-18)17-14(16-11)12-3-2-4-15-10-12/h2-4,9-10H,5-8H2,1H3. The minimum atomic E-state index is 0.731. The number of nitrogens with zero attached hydrogens (tertiary/aromatic N) is 4. The normalized spacial score (nSPS) is 15.5. The Kier molecular flexibility index (Phi) is 3.37. The number of pyridine rings is 1. The van der Waals surface area contributed by atoms with Crippen molar-refractivity contribution in [3.05, 3.63) is 36.3 Å². The van der Waals surface area contributed by atoms with Gasteiger partial charge in [0.25, 0.3) is 0 Å². The summed E-state index contributed by atoms with van der Waals surface area (Å²) in [6.45, 7) is 5.26. The van der Waals surface area contributed by atoms with Gasteiger partial charge >= 0.3 is 0 Å². The van der Waals surface area contributed by atoms with Crippen LogP contribution in [0.3, 0.4) is 0 Å². The first-order valence-corrected chi connectivity index (χ1v) is 6.42. The number of ether oxygens (including phenoxy) is 1. The average molecular weight is 256 g/mol. The van der Waals surface area contributed by atoms with Crippen LogP contribution in [0, 0.1) is 6.92 Å². The molecule has 0 radical (unpaired) electrons. The fourth-order valence-corrected chi connectivity index (χ4v) is 2.13. The topological polar surface area (TPSA) is 51.1 Å². The third-order valence-corrected chi connectivity index (χ3v) is 3.10. The smallest absolute Gasteiger partial charge is 0.163 e. The van der Waals surface area contributed by atoms with E-state index in [-0.39, 0.29) is 0 Å². The zero-order valence-electron chi connectivity index (χ0n) is 10.9. The maximum Gasteiger partial charge on any atom is 0.163 e. The lowest BCUT2D eigenvalue weighted by Gasteiger charge is -2.28. The van der Waals surface area contributed by atoms with E-state index < -0.39 is 0 Å². The summed E-state index contributed by atoms with van der Waals surface area (Å²) in [5.74, 6) is 1.70. The van der Waals surface area contributed by atoms with Gasteiger partial charge in [-0.05, 0) is 19.1 Å². The second kappa shape index (κ2) is 5.32. The van der Waals surface area contributed by atoms with Gasteiger partial charge in [-0.3, -0.25) is 4.98 Å². The second-order valence-electron chi connectivity index (χ2n) is 4.53. The SMILES string of the molecule is Cc1cc(N2CCOCC2)nc(-c2cccnc2)n1. The summed E-state index contributed by atoms with van der Waals surface area (Å²) in [4.78, 5) is 15.5. The lowest BCUT2D eigenvalue weighted by molar-refractivity contribution is 0.122. The van der Waals surface area contributed by atoms with E-state index in [1.165, 1.54) is 0 Å². The van der Waals surface area contributed by atoms with Crippen molar-refractivity contribution in [3.63, 3.8) is 0 Å². The van der Waals surface area contributed by atoms with Gasteiger partial charge in [-0.2, -0.15) is 0 Å². The summed E-state index contributed by atoms with van der Waals surface area (Å²) in [6, 6.07) is 5.89. The molecule has 2 aromatic rings. The highest BCUT2D eigenvalue weighted by Crippen LogP contribution is 2.19. The molecule has 0 spiro atoms. The van der Waals surface area contributed by atoms with E-state index >= 15 is 0 Å². The highest BCUT2D eigenvalue weighted by molar-refractivity contribution is 5.56. The Hall–Kier alpha value is -2.01. The first-order chi connectivity index (χ1) is 9.33. The van der Waals surface area contributed by atoms with E-state index in [1.807, 2.05) is 25.1 Å². The molecule has 3 heterocycles. The van der Waals surface area contributed by atoms with Gasteiger partial charge < -0.3 is 9.64 Å². The third-order valence-electron chi connectivity index (χ3n) is 3.10. The summed E-state index contributed by atoms with van der Waals surface area (Å²) in [6.07, 6.45) is 3.54. The minimum Gasteiger partial charge on any atom is -0.378 e. The predicted molar refractivity (Wildman–Crippen MR) is 73.0 cm³/mol. The quantitative estimate of drug-likeness (QED) is 0.818. The van der Waals surface area contributed by atoms with Crippen molar-refractivity contribution in [2.45, 2.75) is 6.92 Å². The van der Waals surface area contributed by atoms with Crippen molar-refractivity contribution in [2.75, 3.05) is 31.2 Å². The van der Waals surface area contributed by atoms with Gasteiger partial charge in [-0.1, -0.05) is 0 Å². The Morgan fingerprint density at radius 3 is 2.79 bits per heavy atom. The van der Waals surface area contributed by atoms with E-state index in [4.69, 9.17) is 4.74 Å². The van der Waals surface area contributed by atoms with Crippen LogP contribution in [-0.2, 0) is 4.74 Å². The molecule has 0 N–H and O–H groups in total. The summed E-state index contributed by atoms with van der Waals surface area (Å²) in [5, 5.41) is 0. The van der Waals surface area contributed by atoms with Crippen molar-refractivity contribution in [3.8, 4) is 11.4 Å². The molecular formula is C14H16N4O. The second-order valence-corrected chi connectivity index (χ2v) is 4.53. The summed E-state index contributed by atoms with van der Waals surface area (Å²) < 4.78 is 5.37. The van der Waals surface area contributed by atoms with Gasteiger partial charge in [0, 0.05) is 42.8 Å². The van der Waals surface area contributed by atoms with E-state index in [2.05, 4.69) is 19.9 Å². The Bertz CT molecular complexity index is 553. The van der Waals surface area contributed by atoms with Crippen LogP contribution in [0.15, 0.2) is 30.6 Å². The molecule has 3 rings (SSSR count). The molecule has 2 aromatic heterocycles. The van der Waals surface area contributed by atoms with Crippen molar-refractivity contribution < 1.29 is 4.74 Å². The van der Waals surface area contributed by atoms with Crippen LogP contribution in [-0.4, -0.2) is 41.3 Å². The summed E-state index contributed by atoms with van der Waals surface area (Å²) >= 11 is 0. The maximum absolute atomic E-state index is 5.37. The average Bonchev–Trinajstić information content (AvgIpc) is 2.48. The van der Waals surface area contributed by atoms with E-state index in [9.17, 15) is 0 Å².